The first-order valence-corrected chi connectivity index (χ1v) is 6.85. The quantitative estimate of drug-likeness (QED) is 0.505. The third-order valence-corrected chi connectivity index (χ3v) is 3.11. The van der Waals surface area contributed by atoms with Crippen LogP contribution < -0.4 is 16.0 Å². The van der Waals surface area contributed by atoms with Gasteiger partial charge in [-0.2, -0.15) is 0 Å². The van der Waals surface area contributed by atoms with Crippen molar-refractivity contribution in [3.8, 4) is 0 Å². The Morgan fingerprint density at radius 2 is 1.41 bits per heavy atom. The summed E-state index contributed by atoms with van der Waals surface area (Å²) in [6, 6.07) is 0. The Morgan fingerprint density at radius 3 is 1.88 bits per heavy atom. The normalized spacial score (nSPS) is 23.6. The predicted molar refractivity (Wildman–Crippen MR) is 71.3 cm³/mol. The maximum absolute atomic E-state index is 9.71. The Kier molecular flexibility index (Phi) is 8.56. The van der Waals surface area contributed by atoms with Gasteiger partial charge in [0.05, 0.1) is 6.10 Å². The van der Waals surface area contributed by atoms with Gasteiger partial charge in [0, 0.05) is 58.9 Å². The third kappa shape index (κ3) is 7.68. The molecule has 4 N–H and O–H groups in total. The van der Waals surface area contributed by atoms with E-state index in [1.165, 1.54) is 0 Å². The highest BCUT2D eigenvalue weighted by Crippen LogP contribution is 1.95. The molecule has 0 aromatic carbocycles. The van der Waals surface area contributed by atoms with Gasteiger partial charge < -0.3 is 21.1 Å². The lowest BCUT2D eigenvalue weighted by Crippen LogP contribution is -2.44. The smallest absolute Gasteiger partial charge is 0.0664 e. The zero-order valence-electron chi connectivity index (χ0n) is 11.0. The van der Waals surface area contributed by atoms with Gasteiger partial charge in [-0.1, -0.05) is 6.92 Å². The molecule has 1 unspecified atom stereocenters. The lowest BCUT2D eigenvalue weighted by Gasteiger charge is -2.25. The summed E-state index contributed by atoms with van der Waals surface area (Å²) >= 11 is 0. The Balaban J connectivity index is 2.26. The number of nitrogens with zero attached hydrogens (tertiary/aromatic N) is 1. The Bertz CT molecular complexity index is 168. The minimum absolute atomic E-state index is 0.190. The van der Waals surface area contributed by atoms with Crippen LogP contribution in [0, 0.1) is 0 Å². The highest BCUT2D eigenvalue weighted by atomic mass is 16.3. The van der Waals surface area contributed by atoms with Gasteiger partial charge in [-0.25, -0.2) is 0 Å². The lowest BCUT2D eigenvalue weighted by atomic mass is 10.2. The second-order valence-corrected chi connectivity index (χ2v) is 4.61. The molecule has 1 aliphatic heterocycles. The summed E-state index contributed by atoms with van der Waals surface area (Å²) in [7, 11) is 0. The average Bonchev–Trinajstić information content (AvgIpc) is 2.32. The molecule has 102 valence electrons. The molecule has 0 aliphatic carbocycles. The second kappa shape index (κ2) is 9.79. The van der Waals surface area contributed by atoms with Gasteiger partial charge in [0.25, 0.3) is 0 Å². The molecular formula is C12H28N4O. The molecule has 0 saturated carbocycles. The summed E-state index contributed by atoms with van der Waals surface area (Å²) in [6.45, 7) is 10.9. The molecule has 0 spiro atoms. The van der Waals surface area contributed by atoms with E-state index in [0.717, 1.165) is 65.3 Å². The Labute approximate surface area is 105 Å². The molecule has 5 nitrogen and oxygen atoms in total. The molecule has 0 amide bonds. The van der Waals surface area contributed by atoms with Gasteiger partial charge in [-0.3, -0.25) is 4.90 Å². The van der Waals surface area contributed by atoms with Crippen LogP contribution in [0.3, 0.4) is 0 Å². The summed E-state index contributed by atoms with van der Waals surface area (Å²) in [4.78, 5) is 2.34. The molecule has 1 heterocycles. The average molecular weight is 244 g/mol. The van der Waals surface area contributed by atoms with Crippen molar-refractivity contribution >= 4 is 0 Å². The molecular weight excluding hydrogens is 216 g/mol. The van der Waals surface area contributed by atoms with E-state index in [9.17, 15) is 5.11 Å². The van der Waals surface area contributed by atoms with Crippen molar-refractivity contribution in [3.63, 3.8) is 0 Å². The molecule has 1 atom stereocenters. The molecule has 1 aliphatic rings. The van der Waals surface area contributed by atoms with Crippen molar-refractivity contribution in [2.75, 3.05) is 58.9 Å². The summed E-state index contributed by atoms with van der Waals surface area (Å²) in [6.07, 6.45) is 0.644. The van der Waals surface area contributed by atoms with Gasteiger partial charge in [0.1, 0.15) is 0 Å². The number of aliphatic hydroxyl groups is 1. The molecule has 0 aromatic heterocycles. The topological polar surface area (TPSA) is 59.6 Å². The zero-order chi connectivity index (χ0) is 12.3. The fourth-order valence-electron chi connectivity index (χ4n) is 1.92. The predicted octanol–water partition coefficient (Wildman–Crippen LogP) is -1.16. The minimum Gasteiger partial charge on any atom is -0.392 e. The van der Waals surface area contributed by atoms with Crippen molar-refractivity contribution in [1.29, 1.82) is 0 Å². The number of hydrogen-bond donors (Lipinski definition) is 4. The first-order chi connectivity index (χ1) is 8.33. The molecule has 5 heteroatoms. The molecule has 0 radical (unpaired) electrons. The van der Waals surface area contributed by atoms with Crippen molar-refractivity contribution in [3.05, 3.63) is 0 Å². The molecule has 1 rings (SSSR count). The van der Waals surface area contributed by atoms with Crippen LogP contribution in [-0.4, -0.2) is 75.0 Å². The van der Waals surface area contributed by atoms with Crippen LogP contribution >= 0.6 is 0 Å². The number of rotatable bonds is 3. The zero-order valence-corrected chi connectivity index (χ0v) is 11.0. The number of nitrogens with one attached hydrogen (secondary N) is 3. The van der Waals surface area contributed by atoms with Gasteiger partial charge in [-0.15, -0.1) is 0 Å². The monoisotopic (exact) mass is 244 g/mol. The van der Waals surface area contributed by atoms with Crippen LogP contribution in [-0.2, 0) is 0 Å². The van der Waals surface area contributed by atoms with Gasteiger partial charge in [0.15, 0.2) is 0 Å². The largest absolute Gasteiger partial charge is 0.392 e. The summed E-state index contributed by atoms with van der Waals surface area (Å²) in [5.41, 5.74) is 0. The highest BCUT2D eigenvalue weighted by molar-refractivity contribution is 4.67. The summed E-state index contributed by atoms with van der Waals surface area (Å²) in [5, 5.41) is 19.9. The van der Waals surface area contributed by atoms with Crippen LogP contribution in [0.4, 0.5) is 0 Å². The molecule has 0 bridgehead atoms. The van der Waals surface area contributed by atoms with E-state index in [1.807, 2.05) is 6.92 Å². The lowest BCUT2D eigenvalue weighted by molar-refractivity contribution is 0.110. The van der Waals surface area contributed by atoms with Crippen molar-refractivity contribution in [2.24, 2.45) is 0 Å². The standard InChI is InChI=1S/C12H28N4O/c1-2-12(17)11-16-9-7-14-5-3-13-4-6-15-8-10-16/h12-15,17H,2-11H2,1H3. The van der Waals surface area contributed by atoms with E-state index in [2.05, 4.69) is 20.9 Å². The maximum Gasteiger partial charge on any atom is 0.0664 e. The van der Waals surface area contributed by atoms with Crippen molar-refractivity contribution in [1.82, 2.24) is 20.9 Å². The van der Waals surface area contributed by atoms with Crippen LogP contribution in [0.1, 0.15) is 13.3 Å². The first-order valence-electron chi connectivity index (χ1n) is 6.85. The van der Waals surface area contributed by atoms with Gasteiger partial charge in [-0.05, 0) is 6.42 Å². The number of hydrogen-bond acceptors (Lipinski definition) is 5. The van der Waals surface area contributed by atoms with Crippen molar-refractivity contribution in [2.45, 2.75) is 19.4 Å². The summed E-state index contributed by atoms with van der Waals surface area (Å²) in [5.74, 6) is 0. The van der Waals surface area contributed by atoms with E-state index >= 15 is 0 Å². The van der Waals surface area contributed by atoms with Crippen LogP contribution in [0.5, 0.6) is 0 Å². The van der Waals surface area contributed by atoms with E-state index < -0.39 is 0 Å². The van der Waals surface area contributed by atoms with Crippen LogP contribution in [0.2, 0.25) is 0 Å². The minimum atomic E-state index is -0.190. The van der Waals surface area contributed by atoms with E-state index in [-0.39, 0.29) is 6.10 Å². The van der Waals surface area contributed by atoms with Crippen molar-refractivity contribution < 1.29 is 5.11 Å². The molecule has 17 heavy (non-hydrogen) atoms. The van der Waals surface area contributed by atoms with E-state index in [0.29, 0.717) is 0 Å². The van der Waals surface area contributed by atoms with Crippen LogP contribution in [0.25, 0.3) is 0 Å². The summed E-state index contributed by atoms with van der Waals surface area (Å²) < 4.78 is 0. The highest BCUT2D eigenvalue weighted by Gasteiger charge is 2.09. The van der Waals surface area contributed by atoms with E-state index in [4.69, 9.17) is 0 Å². The fraction of sp³-hybridized carbons (Fsp3) is 1.00. The second-order valence-electron chi connectivity index (χ2n) is 4.61. The van der Waals surface area contributed by atoms with Gasteiger partial charge >= 0.3 is 0 Å². The number of β-amino-alcohol motifs (C(OH)–C–C–N with tert-alkyl or cyclic N) is 1. The fourth-order valence-corrected chi connectivity index (χ4v) is 1.92. The third-order valence-electron chi connectivity index (χ3n) is 3.11. The first kappa shape index (κ1) is 14.9. The Morgan fingerprint density at radius 1 is 0.941 bits per heavy atom. The molecule has 1 saturated heterocycles. The SMILES string of the molecule is CCC(O)CN1CCNCCNCCNCC1. The molecule has 0 aromatic rings. The number of aliphatic hydroxyl groups excluding tert-OH is 1. The van der Waals surface area contributed by atoms with Crippen LogP contribution in [0.15, 0.2) is 0 Å². The molecule has 1 fully saturated rings. The van der Waals surface area contributed by atoms with E-state index in [1.54, 1.807) is 0 Å². The Hall–Kier alpha value is -0.200. The maximum atomic E-state index is 9.71. The van der Waals surface area contributed by atoms with Gasteiger partial charge in [0.2, 0.25) is 0 Å².